The zero-order valence-corrected chi connectivity index (χ0v) is 18.7. The van der Waals surface area contributed by atoms with E-state index in [-0.39, 0.29) is 17.5 Å². The largest absolute Gasteiger partial charge is 0.506 e. The SMILES string of the molecule is C[C@@H](C(=O)N(C)c1cc2c(cc(B(O)O)n2C(=O)OC(C)(C)C)s1)N1CCOCC1. The molecule has 0 bridgehead atoms. The Morgan fingerprint density at radius 1 is 1.27 bits per heavy atom. The average molecular weight is 437 g/mol. The number of likely N-dealkylation sites (N-methyl/N-ethyl adjacent to an activating group) is 1. The fourth-order valence-corrected chi connectivity index (χ4v) is 4.43. The minimum atomic E-state index is -1.83. The highest BCUT2D eigenvalue weighted by molar-refractivity contribution is 7.23. The third-order valence-corrected chi connectivity index (χ3v) is 6.11. The maximum Gasteiger partial charge on any atom is 0.506 e. The third kappa shape index (κ3) is 4.70. The third-order valence-electron chi connectivity index (χ3n) is 4.96. The van der Waals surface area contributed by atoms with E-state index < -0.39 is 18.8 Å². The van der Waals surface area contributed by atoms with Crippen molar-refractivity contribution in [3.63, 3.8) is 0 Å². The van der Waals surface area contributed by atoms with E-state index in [4.69, 9.17) is 9.47 Å². The van der Waals surface area contributed by atoms with Gasteiger partial charge in [0.15, 0.2) is 0 Å². The number of aromatic nitrogens is 1. The first-order valence-corrected chi connectivity index (χ1v) is 10.7. The summed E-state index contributed by atoms with van der Waals surface area (Å²) in [4.78, 5) is 29.4. The van der Waals surface area contributed by atoms with E-state index in [1.165, 1.54) is 17.4 Å². The number of hydrogen-bond donors (Lipinski definition) is 2. The lowest BCUT2D eigenvalue weighted by molar-refractivity contribution is -0.124. The summed E-state index contributed by atoms with van der Waals surface area (Å²) in [7, 11) is -0.134. The van der Waals surface area contributed by atoms with Crippen molar-refractivity contribution < 1.29 is 29.1 Å². The minimum absolute atomic E-state index is 0.0210. The van der Waals surface area contributed by atoms with Crippen LogP contribution in [0.2, 0.25) is 0 Å². The van der Waals surface area contributed by atoms with Crippen LogP contribution in [0.25, 0.3) is 10.2 Å². The van der Waals surface area contributed by atoms with Gasteiger partial charge in [0.2, 0.25) is 5.91 Å². The van der Waals surface area contributed by atoms with Crippen LogP contribution in [0.1, 0.15) is 27.7 Å². The summed E-state index contributed by atoms with van der Waals surface area (Å²) in [5.41, 5.74) is -0.261. The first-order chi connectivity index (χ1) is 14.0. The van der Waals surface area contributed by atoms with E-state index in [0.717, 1.165) is 4.57 Å². The van der Waals surface area contributed by atoms with Gasteiger partial charge >= 0.3 is 13.2 Å². The molecular weight excluding hydrogens is 409 g/mol. The lowest BCUT2D eigenvalue weighted by Crippen LogP contribution is -2.50. The van der Waals surface area contributed by atoms with Crippen LogP contribution in [-0.4, -0.2) is 83.6 Å². The van der Waals surface area contributed by atoms with Gasteiger partial charge < -0.3 is 24.4 Å². The monoisotopic (exact) mass is 437 g/mol. The van der Waals surface area contributed by atoms with Crippen LogP contribution in [0.5, 0.6) is 0 Å². The average Bonchev–Trinajstić information content (AvgIpc) is 3.23. The summed E-state index contributed by atoms with van der Waals surface area (Å²) in [5, 5.41) is 20.1. The van der Waals surface area contributed by atoms with Crippen molar-refractivity contribution in [2.24, 2.45) is 0 Å². The lowest BCUT2D eigenvalue weighted by atomic mass is 9.86. The second-order valence-electron chi connectivity index (χ2n) is 8.31. The maximum absolute atomic E-state index is 13.0. The Morgan fingerprint density at radius 2 is 1.90 bits per heavy atom. The minimum Gasteiger partial charge on any atom is -0.443 e. The van der Waals surface area contributed by atoms with Crippen molar-refractivity contribution in [2.75, 3.05) is 38.3 Å². The Morgan fingerprint density at radius 3 is 2.47 bits per heavy atom. The number of thiophene rings is 1. The van der Waals surface area contributed by atoms with Gasteiger partial charge in [-0.2, -0.15) is 0 Å². The van der Waals surface area contributed by atoms with E-state index in [0.29, 0.717) is 41.5 Å². The fraction of sp³-hybridized carbons (Fsp3) is 0.579. The van der Waals surface area contributed by atoms with E-state index in [2.05, 4.69) is 4.90 Å². The molecule has 1 atom stereocenters. The van der Waals surface area contributed by atoms with Crippen LogP contribution < -0.4 is 10.5 Å². The number of rotatable bonds is 4. The molecule has 1 fully saturated rings. The number of hydrogen-bond acceptors (Lipinski definition) is 8. The molecule has 11 heteroatoms. The van der Waals surface area contributed by atoms with Gasteiger partial charge in [-0.05, 0) is 39.8 Å². The number of anilines is 1. The Balaban J connectivity index is 1.90. The van der Waals surface area contributed by atoms with Crippen LogP contribution in [0.3, 0.4) is 0 Å². The van der Waals surface area contributed by atoms with Crippen LogP contribution >= 0.6 is 11.3 Å². The van der Waals surface area contributed by atoms with Gasteiger partial charge in [-0.25, -0.2) is 4.79 Å². The van der Waals surface area contributed by atoms with Crippen molar-refractivity contribution in [2.45, 2.75) is 39.3 Å². The van der Waals surface area contributed by atoms with Gasteiger partial charge in [-0.1, -0.05) is 0 Å². The molecule has 0 radical (unpaired) electrons. The molecule has 0 aliphatic carbocycles. The zero-order valence-electron chi connectivity index (χ0n) is 17.9. The van der Waals surface area contributed by atoms with E-state index in [1.54, 1.807) is 38.8 Å². The Kier molecular flexibility index (Phi) is 6.58. The number of ether oxygens (including phenoxy) is 2. The first-order valence-electron chi connectivity index (χ1n) is 9.83. The molecule has 3 rings (SSSR count). The predicted octanol–water partition coefficient (Wildman–Crippen LogP) is 0.849. The molecule has 9 nitrogen and oxygen atoms in total. The normalized spacial score (nSPS) is 16.5. The molecule has 0 aromatic carbocycles. The molecule has 1 aliphatic heterocycles. The summed E-state index contributed by atoms with van der Waals surface area (Å²) < 4.78 is 12.6. The second kappa shape index (κ2) is 8.68. The topological polar surface area (TPSA) is 104 Å². The van der Waals surface area contributed by atoms with Crippen molar-refractivity contribution in [1.29, 1.82) is 0 Å². The van der Waals surface area contributed by atoms with Gasteiger partial charge in [0.1, 0.15) is 10.6 Å². The fourth-order valence-electron chi connectivity index (χ4n) is 3.38. The number of morpholine rings is 1. The highest BCUT2D eigenvalue weighted by Gasteiger charge is 2.30. The van der Waals surface area contributed by atoms with Crippen molar-refractivity contribution >= 4 is 51.3 Å². The molecule has 1 saturated heterocycles. The smallest absolute Gasteiger partial charge is 0.443 e. The zero-order chi connectivity index (χ0) is 22.2. The Bertz CT molecular complexity index is 929. The Labute approximate surface area is 179 Å². The van der Waals surface area contributed by atoms with Crippen molar-refractivity contribution in [3.05, 3.63) is 12.1 Å². The highest BCUT2D eigenvalue weighted by atomic mass is 32.1. The first kappa shape index (κ1) is 22.8. The van der Waals surface area contributed by atoms with Gasteiger partial charge in [-0.3, -0.25) is 14.3 Å². The number of carbonyl (C=O) groups excluding carboxylic acids is 2. The van der Waals surface area contributed by atoms with Crippen LogP contribution in [0.4, 0.5) is 9.80 Å². The number of nitrogens with zero attached hydrogens (tertiary/aromatic N) is 3. The number of carbonyl (C=O) groups is 2. The van der Waals surface area contributed by atoms with Crippen molar-refractivity contribution in [3.8, 4) is 0 Å². The molecule has 1 amide bonds. The lowest BCUT2D eigenvalue weighted by Gasteiger charge is -2.33. The van der Waals surface area contributed by atoms with E-state index in [1.807, 2.05) is 6.92 Å². The highest BCUT2D eigenvalue weighted by Crippen LogP contribution is 2.33. The van der Waals surface area contributed by atoms with Gasteiger partial charge in [0.25, 0.3) is 0 Å². The van der Waals surface area contributed by atoms with Gasteiger partial charge in [0, 0.05) is 20.1 Å². The molecule has 3 heterocycles. The standard InChI is InChI=1S/C19H28BN3O6S/c1-12(22-6-8-28-9-7-22)17(24)21(5)16-10-13-14(30-16)11-15(20(26)27)23(13)18(25)29-19(2,3)4/h10-12,26-27H,6-9H2,1-5H3/t12-/m0/s1. The molecular formula is C19H28BN3O6S. The maximum atomic E-state index is 13.0. The second-order valence-corrected chi connectivity index (χ2v) is 9.38. The summed E-state index contributed by atoms with van der Waals surface area (Å²) in [6, 6.07) is 2.92. The van der Waals surface area contributed by atoms with E-state index >= 15 is 0 Å². The molecule has 2 aromatic heterocycles. The summed E-state index contributed by atoms with van der Waals surface area (Å²) in [6.07, 6.45) is -0.708. The van der Waals surface area contributed by atoms with Crippen molar-refractivity contribution in [1.82, 2.24) is 9.47 Å². The van der Waals surface area contributed by atoms with Crippen LogP contribution in [0.15, 0.2) is 12.1 Å². The van der Waals surface area contributed by atoms with Gasteiger partial charge in [0.05, 0.1) is 35.1 Å². The molecule has 164 valence electrons. The quantitative estimate of drug-likeness (QED) is 0.684. The molecule has 0 saturated carbocycles. The summed E-state index contributed by atoms with van der Waals surface area (Å²) >= 11 is 1.30. The summed E-state index contributed by atoms with van der Waals surface area (Å²) in [6.45, 7) is 9.70. The molecule has 0 unspecified atom stereocenters. The molecule has 2 aromatic rings. The van der Waals surface area contributed by atoms with Crippen LogP contribution in [0, 0.1) is 0 Å². The summed E-state index contributed by atoms with van der Waals surface area (Å²) in [5.74, 6) is -0.0629. The number of fused-ring (bicyclic) bond motifs is 1. The molecule has 1 aliphatic rings. The van der Waals surface area contributed by atoms with Crippen LogP contribution in [-0.2, 0) is 14.3 Å². The predicted molar refractivity (Wildman–Crippen MR) is 117 cm³/mol. The van der Waals surface area contributed by atoms with Gasteiger partial charge in [-0.15, -0.1) is 11.3 Å². The Hall–Kier alpha value is -1.92. The number of amides is 1. The van der Waals surface area contributed by atoms with E-state index in [9.17, 15) is 19.6 Å². The molecule has 30 heavy (non-hydrogen) atoms. The molecule has 2 N–H and O–H groups in total. The molecule has 0 spiro atoms.